The second-order valence-electron chi connectivity index (χ2n) is 4.89. The minimum atomic E-state index is -0.114. The number of hydrogen-bond donors (Lipinski definition) is 2. The molecule has 0 bridgehead atoms. The van der Waals surface area contributed by atoms with E-state index in [0.717, 1.165) is 12.8 Å². The first-order valence-electron chi connectivity index (χ1n) is 6.32. The van der Waals surface area contributed by atoms with Crippen molar-refractivity contribution in [1.82, 2.24) is 4.90 Å². The average molecular weight is 249 g/mol. The van der Waals surface area contributed by atoms with Crippen LogP contribution in [0.2, 0.25) is 0 Å². The zero-order valence-electron chi connectivity index (χ0n) is 10.6. The zero-order valence-corrected chi connectivity index (χ0v) is 10.6. The fourth-order valence-corrected chi connectivity index (χ4v) is 2.44. The topological polar surface area (TPSA) is 60.8 Å². The molecule has 0 aromatic heterocycles. The number of para-hydroxylation sites is 1. The smallest absolute Gasteiger partial charge is 0.257 e. The van der Waals surface area contributed by atoms with Gasteiger partial charge in [-0.15, -0.1) is 0 Å². The quantitative estimate of drug-likeness (QED) is 0.854. The lowest BCUT2D eigenvalue weighted by molar-refractivity contribution is 0.0781. The second kappa shape index (κ2) is 5.40. The highest BCUT2D eigenvalue weighted by Gasteiger charge is 2.27. The van der Waals surface area contributed by atoms with Crippen molar-refractivity contribution < 1.29 is 15.0 Å². The van der Waals surface area contributed by atoms with E-state index in [1.165, 1.54) is 0 Å². The summed E-state index contributed by atoms with van der Waals surface area (Å²) in [6, 6.07) is 5.22. The Bertz CT molecular complexity index is 445. The molecule has 1 saturated heterocycles. The molecule has 1 aromatic carbocycles. The number of rotatable bonds is 3. The Morgan fingerprint density at radius 3 is 3.00 bits per heavy atom. The summed E-state index contributed by atoms with van der Waals surface area (Å²) in [6.45, 7) is 3.33. The summed E-state index contributed by atoms with van der Waals surface area (Å²) in [7, 11) is 0. The van der Waals surface area contributed by atoms with Crippen LogP contribution in [0.15, 0.2) is 18.2 Å². The molecule has 1 fully saturated rings. The fraction of sp³-hybridized carbons (Fsp3) is 0.500. The molecule has 1 aromatic rings. The number of aromatic hydroxyl groups is 1. The van der Waals surface area contributed by atoms with Gasteiger partial charge in [-0.25, -0.2) is 0 Å². The maximum Gasteiger partial charge on any atom is 0.257 e. The molecule has 1 atom stereocenters. The van der Waals surface area contributed by atoms with Gasteiger partial charge in [0.25, 0.3) is 5.91 Å². The lowest BCUT2D eigenvalue weighted by Crippen LogP contribution is -2.28. The zero-order chi connectivity index (χ0) is 13.1. The van der Waals surface area contributed by atoms with E-state index in [0.29, 0.717) is 30.1 Å². The molecule has 98 valence electrons. The van der Waals surface area contributed by atoms with Crippen molar-refractivity contribution in [2.24, 2.45) is 5.92 Å². The molecule has 1 aliphatic rings. The number of benzene rings is 1. The number of aryl methyl sites for hydroxylation is 1. The molecule has 0 saturated carbocycles. The minimum absolute atomic E-state index is 0.0770. The van der Waals surface area contributed by atoms with Crippen LogP contribution in [0.1, 0.15) is 28.8 Å². The van der Waals surface area contributed by atoms with E-state index in [1.807, 2.05) is 0 Å². The summed E-state index contributed by atoms with van der Waals surface area (Å²) < 4.78 is 0. The van der Waals surface area contributed by atoms with Gasteiger partial charge < -0.3 is 15.1 Å². The van der Waals surface area contributed by atoms with Gasteiger partial charge in [0.15, 0.2) is 0 Å². The molecule has 2 rings (SSSR count). The lowest BCUT2D eigenvalue weighted by Gasteiger charge is -2.17. The van der Waals surface area contributed by atoms with Crippen LogP contribution in [0, 0.1) is 12.8 Å². The van der Waals surface area contributed by atoms with E-state index >= 15 is 0 Å². The van der Waals surface area contributed by atoms with Gasteiger partial charge in [-0.3, -0.25) is 4.79 Å². The number of phenolic OH excluding ortho intramolecular Hbond substituents is 1. The number of aliphatic hydroxyl groups excluding tert-OH is 1. The van der Waals surface area contributed by atoms with Crippen LogP contribution in [0.25, 0.3) is 0 Å². The third-order valence-electron chi connectivity index (χ3n) is 3.58. The number of phenols is 1. The van der Waals surface area contributed by atoms with Crippen molar-refractivity contribution >= 4 is 5.91 Å². The third-order valence-corrected chi connectivity index (χ3v) is 3.58. The molecular formula is C14H19NO3. The van der Waals surface area contributed by atoms with Crippen LogP contribution >= 0.6 is 0 Å². The highest BCUT2D eigenvalue weighted by atomic mass is 16.3. The van der Waals surface area contributed by atoms with E-state index in [-0.39, 0.29) is 18.3 Å². The highest BCUT2D eigenvalue weighted by Crippen LogP contribution is 2.26. The van der Waals surface area contributed by atoms with Crippen molar-refractivity contribution in [3.05, 3.63) is 29.3 Å². The Labute approximate surface area is 107 Å². The number of amides is 1. The molecule has 0 aliphatic carbocycles. The van der Waals surface area contributed by atoms with Gasteiger partial charge in [0, 0.05) is 19.7 Å². The maximum absolute atomic E-state index is 12.3. The van der Waals surface area contributed by atoms with E-state index < -0.39 is 0 Å². The Balaban J connectivity index is 2.11. The summed E-state index contributed by atoms with van der Waals surface area (Å²) >= 11 is 0. The first-order valence-corrected chi connectivity index (χ1v) is 6.32. The Morgan fingerprint density at radius 2 is 2.28 bits per heavy atom. The number of likely N-dealkylation sites (tertiary alicyclic amines) is 1. The summed E-state index contributed by atoms with van der Waals surface area (Å²) in [6.07, 6.45) is 1.67. The van der Waals surface area contributed by atoms with Gasteiger partial charge in [-0.1, -0.05) is 12.1 Å². The highest BCUT2D eigenvalue weighted by molar-refractivity contribution is 5.97. The maximum atomic E-state index is 12.3. The van der Waals surface area contributed by atoms with Crippen LogP contribution in [0.4, 0.5) is 0 Å². The Morgan fingerprint density at radius 1 is 1.50 bits per heavy atom. The average Bonchev–Trinajstić information content (AvgIpc) is 2.81. The molecule has 1 heterocycles. The molecule has 1 aliphatic heterocycles. The predicted octanol–water partition coefficient (Wildman–Crippen LogP) is 1.55. The van der Waals surface area contributed by atoms with Gasteiger partial charge in [0.2, 0.25) is 0 Å². The Hall–Kier alpha value is -1.55. The molecular weight excluding hydrogens is 230 g/mol. The van der Waals surface area contributed by atoms with Crippen LogP contribution in [-0.2, 0) is 0 Å². The van der Waals surface area contributed by atoms with E-state index in [4.69, 9.17) is 5.11 Å². The van der Waals surface area contributed by atoms with E-state index in [9.17, 15) is 9.90 Å². The number of carbonyl (C=O) groups is 1. The Kier molecular flexibility index (Phi) is 3.87. The van der Waals surface area contributed by atoms with Gasteiger partial charge in [-0.2, -0.15) is 0 Å². The molecule has 2 N–H and O–H groups in total. The second-order valence-corrected chi connectivity index (χ2v) is 4.89. The van der Waals surface area contributed by atoms with Crippen LogP contribution in [0.3, 0.4) is 0 Å². The standard InChI is InChI=1S/C14H19NO3/c1-10-3-2-4-12(13(10)17)14(18)15-7-5-11(9-15)6-8-16/h2-4,11,16-17H,5-9H2,1H3. The van der Waals surface area contributed by atoms with Gasteiger partial charge in [0.05, 0.1) is 5.56 Å². The molecule has 0 spiro atoms. The molecule has 1 unspecified atom stereocenters. The molecule has 18 heavy (non-hydrogen) atoms. The van der Waals surface area contributed by atoms with E-state index in [2.05, 4.69) is 0 Å². The SMILES string of the molecule is Cc1cccc(C(=O)N2CCC(CCO)C2)c1O. The van der Waals surface area contributed by atoms with Crippen LogP contribution in [-0.4, -0.2) is 40.7 Å². The van der Waals surface area contributed by atoms with Gasteiger partial charge >= 0.3 is 0 Å². The number of carbonyl (C=O) groups excluding carboxylic acids is 1. The molecule has 4 heteroatoms. The normalized spacial score (nSPS) is 19.2. The molecule has 4 nitrogen and oxygen atoms in total. The van der Waals surface area contributed by atoms with Gasteiger partial charge in [0.1, 0.15) is 5.75 Å². The fourth-order valence-electron chi connectivity index (χ4n) is 2.44. The monoisotopic (exact) mass is 249 g/mol. The van der Waals surface area contributed by atoms with Crippen molar-refractivity contribution in [2.45, 2.75) is 19.8 Å². The number of hydrogen-bond acceptors (Lipinski definition) is 3. The summed E-state index contributed by atoms with van der Waals surface area (Å²) in [5.41, 5.74) is 1.09. The third kappa shape index (κ3) is 2.48. The first-order chi connectivity index (χ1) is 8.63. The first kappa shape index (κ1) is 12.9. The van der Waals surface area contributed by atoms with Gasteiger partial charge in [-0.05, 0) is 37.3 Å². The van der Waals surface area contributed by atoms with Crippen molar-refractivity contribution in [2.75, 3.05) is 19.7 Å². The largest absolute Gasteiger partial charge is 0.507 e. The number of aliphatic hydroxyl groups is 1. The predicted molar refractivity (Wildman–Crippen MR) is 68.6 cm³/mol. The van der Waals surface area contributed by atoms with Crippen molar-refractivity contribution in [3.8, 4) is 5.75 Å². The van der Waals surface area contributed by atoms with Crippen molar-refractivity contribution in [1.29, 1.82) is 0 Å². The van der Waals surface area contributed by atoms with E-state index in [1.54, 1.807) is 30.0 Å². The minimum Gasteiger partial charge on any atom is -0.507 e. The van der Waals surface area contributed by atoms with Crippen LogP contribution < -0.4 is 0 Å². The summed E-state index contributed by atoms with van der Waals surface area (Å²) in [5, 5.41) is 18.8. The lowest BCUT2D eigenvalue weighted by atomic mass is 10.1. The van der Waals surface area contributed by atoms with Crippen molar-refractivity contribution in [3.63, 3.8) is 0 Å². The molecule has 0 radical (unpaired) electrons. The number of nitrogens with zero attached hydrogens (tertiary/aromatic N) is 1. The van der Waals surface area contributed by atoms with Crippen LogP contribution in [0.5, 0.6) is 5.75 Å². The summed E-state index contributed by atoms with van der Waals surface area (Å²) in [5.74, 6) is 0.343. The molecule has 1 amide bonds. The summed E-state index contributed by atoms with van der Waals surface area (Å²) in [4.78, 5) is 14.0.